The van der Waals surface area contributed by atoms with Gasteiger partial charge in [-0.15, -0.1) is 0 Å². The van der Waals surface area contributed by atoms with Crippen LogP contribution in [0.3, 0.4) is 0 Å². The van der Waals surface area contributed by atoms with E-state index >= 15 is 0 Å². The van der Waals surface area contributed by atoms with E-state index in [0.717, 1.165) is 15.0 Å². The molecule has 1 atom stereocenters. The Bertz CT molecular complexity index is 992. The normalized spacial score (nSPS) is 17.7. The van der Waals surface area contributed by atoms with Crippen molar-refractivity contribution in [2.45, 2.75) is 13.0 Å². The first kappa shape index (κ1) is 17.6. The van der Waals surface area contributed by atoms with E-state index in [9.17, 15) is 4.79 Å². The minimum Gasteiger partial charge on any atom is -0.368 e. The molecule has 2 aromatic heterocycles. The topological polar surface area (TPSA) is 72.6 Å². The number of hydrogen-bond donors (Lipinski definition) is 0. The molecule has 1 amide bonds. The monoisotopic (exact) mass is 483 g/mol. The molecule has 9 heteroatoms. The molecule has 1 aliphatic heterocycles. The molecule has 26 heavy (non-hydrogen) atoms. The first-order valence-corrected chi connectivity index (χ1v) is 9.52. The van der Waals surface area contributed by atoms with Crippen LogP contribution in [0, 0.1) is 10.5 Å². The summed E-state index contributed by atoms with van der Waals surface area (Å²) in [5.74, 6) is 0.474. The molecule has 0 N–H and O–H groups in total. The Morgan fingerprint density at radius 2 is 2.23 bits per heavy atom. The van der Waals surface area contributed by atoms with E-state index in [1.54, 1.807) is 21.5 Å². The zero-order valence-electron chi connectivity index (χ0n) is 13.9. The number of carbonyl (C=O) groups is 1. The van der Waals surface area contributed by atoms with Gasteiger partial charge < -0.3 is 9.64 Å². The molecule has 1 unspecified atom stereocenters. The molecule has 4 rings (SSSR count). The molecule has 134 valence electrons. The van der Waals surface area contributed by atoms with Crippen molar-refractivity contribution in [3.63, 3.8) is 0 Å². The maximum atomic E-state index is 13.0. The fourth-order valence-corrected chi connectivity index (χ4v) is 3.77. The molecule has 3 aromatic rings. The molecule has 0 radical (unpaired) electrons. The smallest absolute Gasteiger partial charge is 0.255 e. The van der Waals surface area contributed by atoms with E-state index in [-0.39, 0.29) is 12.0 Å². The van der Waals surface area contributed by atoms with Crippen molar-refractivity contribution < 1.29 is 9.53 Å². The lowest BCUT2D eigenvalue weighted by Gasteiger charge is -2.33. The second kappa shape index (κ2) is 7.09. The maximum absolute atomic E-state index is 13.0. The molecule has 1 fully saturated rings. The number of aromatic nitrogens is 4. The molecule has 7 nitrogen and oxygen atoms in total. The fourth-order valence-electron chi connectivity index (χ4n) is 3.03. The van der Waals surface area contributed by atoms with Crippen molar-refractivity contribution in [3.8, 4) is 0 Å². The third-order valence-corrected chi connectivity index (χ3v) is 5.43. The van der Waals surface area contributed by atoms with Gasteiger partial charge in [0.1, 0.15) is 12.4 Å². The highest BCUT2D eigenvalue weighted by Gasteiger charge is 2.29. The van der Waals surface area contributed by atoms with Gasteiger partial charge in [-0.3, -0.25) is 4.79 Å². The number of nitrogens with zero attached hydrogens (tertiary/aromatic N) is 5. The quantitative estimate of drug-likeness (QED) is 0.524. The lowest BCUT2D eigenvalue weighted by molar-refractivity contribution is -0.0257. The van der Waals surface area contributed by atoms with Crippen molar-refractivity contribution in [1.82, 2.24) is 24.5 Å². The van der Waals surface area contributed by atoms with Crippen LogP contribution in [0.25, 0.3) is 5.78 Å². The summed E-state index contributed by atoms with van der Waals surface area (Å²) in [6, 6.07) is 7.26. The number of hydrogen-bond acceptors (Lipinski definition) is 5. The molecular weight excluding hydrogens is 469 g/mol. The number of carbonyl (C=O) groups excluding carboxylic acids is 1. The van der Waals surface area contributed by atoms with Crippen LogP contribution in [0.2, 0.25) is 5.02 Å². The van der Waals surface area contributed by atoms with Crippen LogP contribution < -0.4 is 0 Å². The van der Waals surface area contributed by atoms with Crippen molar-refractivity contribution in [3.05, 3.63) is 56.1 Å². The van der Waals surface area contributed by atoms with Gasteiger partial charge in [0.15, 0.2) is 0 Å². The molecule has 0 aliphatic carbocycles. The number of rotatable bonds is 2. The molecule has 0 saturated carbocycles. The number of fused-ring (bicyclic) bond motifs is 1. The van der Waals surface area contributed by atoms with E-state index in [1.165, 1.54) is 6.33 Å². The second-order valence-electron chi connectivity index (χ2n) is 6.03. The first-order valence-electron chi connectivity index (χ1n) is 8.06. The van der Waals surface area contributed by atoms with Crippen LogP contribution in [-0.4, -0.2) is 50.1 Å². The average molecular weight is 484 g/mol. The summed E-state index contributed by atoms with van der Waals surface area (Å²) in [5, 5.41) is 4.78. The Kier molecular flexibility index (Phi) is 4.80. The summed E-state index contributed by atoms with van der Waals surface area (Å²) in [4.78, 5) is 23.3. The summed E-state index contributed by atoms with van der Waals surface area (Å²) in [7, 11) is 0. The van der Waals surface area contributed by atoms with Crippen LogP contribution in [0.5, 0.6) is 0 Å². The van der Waals surface area contributed by atoms with Gasteiger partial charge in [0.25, 0.3) is 11.7 Å². The van der Waals surface area contributed by atoms with Crippen LogP contribution in [0.15, 0.2) is 30.6 Å². The SMILES string of the molecule is Cc1cc(C2CN(C(=O)c3cc(Cl)ccc3I)CCO2)n2ncnc2n1. The summed E-state index contributed by atoms with van der Waals surface area (Å²) in [5.41, 5.74) is 2.27. The predicted octanol–water partition coefficient (Wildman–Crippen LogP) is 2.90. The largest absolute Gasteiger partial charge is 0.368 e. The van der Waals surface area contributed by atoms with Gasteiger partial charge in [-0.2, -0.15) is 14.6 Å². The van der Waals surface area contributed by atoms with Crippen molar-refractivity contribution in [1.29, 1.82) is 0 Å². The fraction of sp³-hybridized carbons (Fsp3) is 0.294. The van der Waals surface area contributed by atoms with Crippen molar-refractivity contribution >= 4 is 45.9 Å². The zero-order valence-corrected chi connectivity index (χ0v) is 16.8. The Labute approximate surface area is 168 Å². The number of benzene rings is 1. The second-order valence-corrected chi connectivity index (χ2v) is 7.63. The number of halogens is 2. The summed E-state index contributed by atoms with van der Waals surface area (Å²) in [6.45, 7) is 3.31. The maximum Gasteiger partial charge on any atom is 0.255 e. The Morgan fingerprint density at radius 3 is 3.08 bits per heavy atom. The van der Waals surface area contributed by atoms with Gasteiger partial charge in [-0.05, 0) is 53.8 Å². The summed E-state index contributed by atoms with van der Waals surface area (Å²) >= 11 is 8.22. The zero-order chi connectivity index (χ0) is 18.3. The first-order chi connectivity index (χ1) is 12.5. The van der Waals surface area contributed by atoms with Gasteiger partial charge in [0, 0.05) is 20.8 Å². The molecule has 0 bridgehead atoms. The Hall–Kier alpha value is -1.78. The van der Waals surface area contributed by atoms with Crippen LogP contribution in [0.1, 0.15) is 27.8 Å². The molecule has 1 aromatic carbocycles. The highest BCUT2D eigenvalue weighted by atomic mass is 127. The van der Waals surface area contributed by atoms with Crippen LogP contribution >= 0.6 is 34.2 Å². The number of ether oxygens (including phenoxy) is 1. The lowest BCUT2D eigenvalue weighted by atomic mass is 10.1. The molecular formula is C17H15ClIN5O2. The summed E-state index contributed by atoms with van der Waals surface area (Å²) in [6.07, 6.45) is 1.17. The van der Waals surface area contributed by atoms with Crippen molar-refractivity contribution in [2.24, 2.45) is 0 Å². The van der Waals surface area contributed by atoms with E-state index in [4.69, 9.17) is 16.3 Å². The third kappa shape index (κ3) is 3.28. The van der Waals surface area contributed by atoms with E-state index in [0.29, 0.717) is 36.1 Å². The summed E-state index contributed by atoms with van der Waals surface area (Å²) < 4.78 is 8.46. The van der Waals surface area contributed by atoms with E-state index in [1.807, 2.05) is 19.1 Å². The van der Waals surface area contributed by atoms with Gasteiger partial charge >= 0.3 is 0 Å². The molecule has 0 spiro atoms. The van der Waals surface area contributed by atoms with Crippen LogP contribution in [0.4, 0.5) is 0 Å². The van der Waals surface area contributed by atoms with Crippen molar-refractivity contribution in [2.75, 3.05) is 19.7 Å². The highest BCUT2D eigenvalue weighted by Crippen LogP contribution is 2.26. The van der Waals surface area contributed by atoms with Gasteiger partial charge in [-0.25, -0.2) is 4.98 Å². The minimum absolute atomic E-state index is 0.0502. The van der Waals surface area contributed by atoms with Gasteiger partial charge in [0.05, 0.1) is 24.4 Å². The Morgan fingerprint density at radius 1 is 1.38 bits per heavy atom. The highest BCUT2D eigenvalue weighted by molar-refractivity contribution is 14.1. The average Bonchev–Trinajstić information content (AvgIpc) is 3.11. The number of morpholine rings is 1. The van der Waals surface area contributed by atoms with E-state index < -0.39 is 0 Å². The third-order valence-electron chi connectivity index (χ3n) is 4.25. The molecule has 3 heterocycles. The van der Waals surface area contributed by atoms with Gasteiger partial charge in [0.2, 0.25) is 0 Å². The number of amides is 1. The Balaban J connectivity index is 1.64. The standard InChI is InChI=1S/C17H15ClIN5O2/c1-10-6-14(24-17(22-10)20-9-21-24)15-8-23(4-5-26-15)16(25)12-7-11(18)2-3-13(12)19/h2-3,6-7,9,15H,4-5,8H2,1H3. The van der Waals surface area contributed by atoms with E-state index in [2.05, 4.69) is 37.7 Å². The minimum atomic E-state index is -0.296. The van der Waals surface area contributed by atoms with Crippen LogP contribution in [-0.2, 0) is 4.74 Å². The lowest BCUT2D eigenvalue weighted by Crippen LogP contribution is -2.43. The van der Waals surface area contributed by atoms with Gasteiger partial charge in [-0.1, -0.05) is 11.6 Å². The molecule has 1 saturated heterocycles. The number of aryl methyl sites for hydroxylation is 1. The predicted molar refractivity (Wildman–Crippen MR) is 104 cm³/mol. The molecule has 1 aliphatic rings.